The van der Waals surface area contributed by atoms with Gasteiger partial charge in [-0.1, -0.05) is 0 Å². The normalized spacial score (nSPS) is 29.9. The summed E-state index contributed by atoms with van der Waals surface area (Å²) in [7, 11) is 0. The molecule has 0 saturated heterocycles. The number of hydrazone groups is 1. The molecule has 0 radical (unpaired) electrons. The number of rotatable bonds is 5. The highest BCUT2D eigenvalue weighted by atomic mass is 16.5. The largest absolute Gasteiger partial charge is 0.484 e. The molecule has 1 amide bonds. The second-order valence-corrected chi connectivity index (χ2v) is 9.63. The molecule has 4 aliphatic rings. The van der Waals surface area contributed by atoms with Crippen LogP contribution in [-0.2, 0) is 4.79 Å². The first kappa shape index (κ1) is 19.3. The first-order chi connectivity index (χ1) is 14.4. The molecule has 6 rings (SSSR count). The van der Waals surface area contributed by atoms with E-state index >= 15 is 0 Å². The third kappa shape index (κ3) is 3.53. The molecule has 0 atom stereocenters. The van der Waals surface area contributed by atoms with Crippen molar-refractivity contribution in [2.24, 2.45) is 28.3 Å². The van der Waals surface area contributed by atoms with Gasteiger partial charge in [0, 0.05) is 28.6 Å². The zero-order valence-corrected chi connectivity index (χ0v) is 17.6. The van der Waals surface area contributed by atoms with Crippen molar-refractivity contribution in [2.75, 3.05) is 6.61 Å². The monoisotopic (exact) mass is 408 g/mol. The van der Waals surface area contributed by atoms with E-state index in [0.717, 1.165) is 34.4 Å². The summed E-state index contributed by atoms with van der Waals surface area (Å²) >= 11 is 0. The van der Waals surface area contributed by atoms with E-state index in [9.17, 15) is 9.59 Å². The standard InChI is InChI=1S/C24H28N2O4/c1-14-5-23(28)30-21-9-19(3-4-20(14)21)29-13-22(27)26-25-15(2)24-10-16-6-17(11-24)8-18(7-16)12-24/h3-5,9,16-18H,6-8,10-13H2,1-2H3,(H,26,27)/b25-15-. The topological polar surface area (TPSA) is 80.9 Å². The van der Waals surface area contributed by atoms with Crippen molar-refractivity contribution in [3.8, 4) is 5.75 Å². The van der Waals surface area contributed by atoms with Crippen LogP contribution in [0.4, 0.5) is 0 Å². The molecule has 4 saturated carbocycles. The molecule has 4 bridgehead atoms. The molecule has 0 unspecified atom stereocenters. The van der Waals surface area contributed by atoms with Gasteiger partial charge in [-0.25, -0.2) is 10.2 Å². The minimum atomic E-state index is -0.399. The number of amides is 1. The first-order valence-corrected chi connectivity index (χ1v) is 10.9. The van der Waals surface area contributed by atoms with Gasteiger partial charge in [-0.2, -0.15) is 5.10 Å². The summed E-state index contributed by atoms with van der Waals surface area (Å²) in [6.07, 6.45) is 7.83. The van der Waals surface area contributed by atoms with Gasteiger partial charge in [-0.15, -0.1) is 0 Å². The zero-order valence-electron chi connectivity index (χ0n) is 17.6. The second-order valence-electron chi connectivity index (χ2n) is 9.63. The van der Waals surface area contributed by atoms with Gasteiger partial charge in [0.15, 0.2) is 6.61 Å². The number of nitrogens with zero attached hydrogens (tertiary/aromatic N) is 1. The summed E-state index contributed by atoms with van der Waals surface area (Å²) in [6, 6.07) is 6.70. The Morgan fingerprint density at radius 3 is 2.50 bits per heavy atom. The van der Waals surface area contributed by atoms with E-state index in [1.54, 1.807) is 12.1 Å². The summed E-state index contributed by atoms with van der Waals surface area (Å²) in [6.45, 7) is 3.79. The van der Waals surface area contributed by atoms with E-state index in [-0.39, 0.29) is 17.9 Å². The minimum Gasteiger partial charge on any atom is -0.484 e. The van der Waals surface area contributed by atoms with Gasteiger partial charge >= 0.3 is 5.63 Å². The van der Waals surface area contributed by atoms with Gasteiger partial charge in [0.25, 0.3) is 5.91 Å². The lowest BCUT2D eigenvalue weighted by molar-refractivity contribution is -0.123. The van der Waals surface area contributed by atoms with Gasteiger partial charge in [-0.05, 0) is 87.8 Å². The van der Waals surface area contributed by atoms with Crippen LogP contribution < -0.4 is 15.8 Å². The molecule has 1 aromatic carbocycles. The lowest BCUT2D eigenvalue weighted by Gasteiger charge is -2.56. The molecule has 0 aliphatic heterocycles. The van der Waals surface area contributed by atoms with Crippen LogP contribution in [0.2, 0.25) is 0 Å². The quantitative estimate of drug-likeness (QED) is 0.457. The molecule has 4 fully saturated rings. The highest BCUT2D eigenvalue weighted by Crippen LogP contribution is 2.60. The van der Waals surface area contributed by atoms with Gasteiger partial charge in [0.05, 0.1) is 0 Å². The molecule has 1 N–H and O–H groups in total. The summed E-state index contributed by atoms with van der Waals surface area (Å²) in [4.78, 5) is 23.9. The number of benzene rings is 1. The van der Waals surface area contributed by atoms with Crippen LogP contribution in [0.3, 0.4) is 0 Å². The number of carbonyl (C=O) groups is 1. The SMILES string of the molecule is C/C(=N/NC(=O)COc1ccc2c(C)cc(=O)oc2c1)C12CC3CC(CC(C3)C1)C2. The Bertz CT molecular complexity index is 1050. The van der Waals surface area contributed by atoms with Crippen LogP contribution in [0.1, 0.15) is 51.0 Å². The molecule has 6 nitrogen and oxygen atoms in total. The van der Waals surface area contributed by atoms with Crippen molar-refractivity contribution < 1.29 is 13.9 Å². The molecular weight excluding hydrogens is 380 g/mol. The van der Waals surface area contributed by atoms with Gasteiger partial charge < -0.3 is 9.15 Å². The number of ether oxygens (including phenoxy) is 1. The molecule has 6 heteroatoms. The van der Waals surface area contributed by atoms with Gasteiger partial charge in [0.1, 0.15) is 11.3 Å². The van der Waals surface area contributed by atoms with Crippen LogP contribution in [0.5, 0.6) is 5.75 Å². The summed E-state index contributed by atoms with van der Waals surface area (Å²) in [5, 5.41) is 5.33. The molecule has 0 spiro atoms. The highest BCUT2D eigenvalue weighted by Gasteiger charge is 2.52. The maximum Gasteiger partial charge on any atom is 0.336 e. The Hall–Kier alpha value is -2.63. The van der Waals surface area contributed by atoms with E-state index in [2.05, 4.69) is 17.5 Å². The smallest absolute Gasteiger partial charge is 0.336 e. The lowest BCUT2D eigenvalue weighted by atomic mass is 9.48. The van der Waals surface area contributed by atoms with E-state index in [0.29, 0.717) is 11.3 Å². The Balaban J connectivity index is 1.21. The fourth-order valence-corrected chi connectivity index (χ4v) is 6.39. The van der Waals surface area contributed by atoms with Crippen molar-refractivity contribution in [2.45, 2.75) is 52.4 Å². The second kappa shape index (κ2) is 7.25. The van der Waals surface area contributed by atoms with E-state index < -0.39 is 5.63 Å². The minimum absolute atomic E-state index is 0.140. The fourth-order valence-electron chi connectivity index (χ4n) is 6.39. The Morgan fingerprint density at radius 2 is 1.83 bits per heavy atom. The summed E-state index contributed by atoms with van der Waals surface area (Å²) < 4.78 is 10.8. The summed E-state index contributed by atoms with van der Waals surface area (Å²) in [5.74, 6) is 2.73. The third-order valence-electron chi connectivity index (χ3n) is 7.45. The molecule has 2 aromatic rings. The number of carbonyl (C=O) groups excluding carboxylic acids is 1. The van der Waals surface area contributed by atoms with E-state index in [4.69, 9.17) is 9.15 Å². The van der Waals surface area contributed by atoms with Crippen LogP contribution in [-0.4, -0.2) is 18.2 Å². The highest BCUT2D eigenvalue weighted by molar-refractivity contribution is 5.90. The van der Waals surface area contributed by atoms with Crippen LogP contribution in [0.25, 0.3) is 11.0 Å². The predicted octanol–water partition coefficient (Wildman–Crippen LogP) is 4.19. The predicted molar refractivity (Wildman–Crippen MR) is 115 cm³/mol. The van der Waals surface area contributed by atoms with Crippen LogP contribution in [0, 0.1) is 30.1 Å². The Morgan fingerprint density at radius 1 is 1.17 bits per heavy atom. The van der Waals surface area contributed by atoms with Crippen molar-refractivity contribution >= 4 is 22.6 Å². The van der Waals surface area contributed by atoms with Crippen molar-refractivity contribution in [1.29, 1.82) is 0 Å². The average Bonchev–Trinajstić information content (AvgIpc) is 2.69. The maximum absolute atomic E-state index is 12.3. The summed E-state index contributed by atoms with van der Waals surface area (Å²) in [5.41, 5.74) is 4.84. The van der Waals surface area contributed by atoms with E-state index in [1.165, 1.54) is 44.6 Å². The molecule has 30 heavy (non-hydrogen) atoms. The molecular formula is C24H28N2O4. The maximum atomic E-state index is 12.3. The number of aryl methyl sites for hydroxylation is 1. The Kier molecular flexibility index (Phi) is 4.68. The fraction of sp³-hybridized carbons (Fsp3) is 0.542. The third-order valence-corrected chi connectivity index (χ3v) is 7.45. The molecule has 4 aliphatic carbocycles. The van der Waals surface area contributed by atoms with Crippen molar-refractivity contribution in [1.82, 2.24) is 5.43 Å². The lowest BCUT2D eigenvalue weighted by Crippen LogP contribution is -2.49. The first-order valence-electron chi connectivity index (χ1n) is 10.9. The zero-order chi connectivity index (χ0) is 20.9. The Labute approximate surface area is 175 Å². The van der Waals surface area contributed by atoms with Crippen molar-refractivity contribution in [3.63, 3.8) is 0 Å². The molecule has 158 valence electrons. The molecule has 1 heterocycles. The number of hydrogen-bond donors (Lipinski definition) is 1. The van der Waals surface area contributed by atoms with Crippen LogP contribution >= 0.6 is 0 Å². The van der Waals surface area contributed by atoms with E-state index in [1.807, 2.05) is 13.0 Å². The van der Waals surface area contributed by atoms with Gasteiger partial charge in [0.2, 0.25) is 0 Å². The molecule has 1 aromatic heterocycles. The average molecular weight is 408 g/mol. The number of nitrogens with one attached hydrogen (secondary N) is 1. The van der Waals surface area contributed by atoms with Crippen LogP contribution in [0.15, 0.2) is 38.6 Å². The number of fused-ring (bicyclic) bond motifs is 1. The van der Waals surface area contributed by atoms with Crippen molar-refractivity contribution in [3.05, 3.63) is 40.2 Å². The van der Waals surface area contributed by atoms with Gasteiger partial charge in [-0.3, -0.25) is 4.79 Å². The number of hydrogen-bond acceptors (Lipinski definition) is 5.